The summed E-state index contributed by atoms with van der Waals surface area (Å²) < 4.78 is 1.85. The van der Waals surface area contributed by atoms with Gasteiger partial charge in [-0.2, -0.15) is 0 Å². The second-order valence-corrected chi connectivity index (χ2v) is 4.17. The lowest BCUT2D eigenvalue weighted by molar-refractivity contribution is 0.0952. The van der Waals surface area contributed by atoms with E-state index in [1.807, 2.05) is 10.8 Å². The molecule has 6 nitrogen and oxygen atoms in total. The van der Waals surface area contributed by atoms with E-state index in [2.05, 4.69) is 20.5 Å². The van der Waals surface area contributed by atoms with Crippen LogP contribution in [0.5, 0.6) is 0 Å². The molecule has 0 saturated carbocycles. The van der Waals surface area contributed by atoms with Crippen molar-refractivity contribution in [3.63, 3.8) is 0 Å². The summed E-state index contributed by atoms with van der Waals surface area (Å²) in [4.78, 5) is 15.7. The number of hydrogen-bond donors (Lipinski definition) is 1. The molecule has 0 unspecified atom stereocenters. The molecule has 0 aromatic carbocycles. The molecule has 1 N–H and O–H groups in total. The van der Waals surface area contributed by atoms with Crippen molar-refractivity contribution in [1.82, 2.24) is 25.1 Å². The average Bonchev–Trinajstić information content (AvgIpc) is 2.85. The summed E-state index contributed by atoms with van der Waals surface area (Å²) in [6, 6.07) is 1.38. The lowest BCUT2D eigenvalue weighted by atomic mass is 10.3. The van der Waals surface area contributed by atoms with E-state index < -0.39 is 0 Å². The van der Waals surface area contributed by atoms with Gasteiger partial charge in [0.25, 0.3) is 5.91 Å². The number of halogens is 2. The van der Waals surface area contributed by atoms with Crippen LogP contribution in [0.4, 0.5) is 0 Å². The first-order chi connectivity index (χ1) is 8.66. The summed E-state index contributed by atoms with van der Waals surface area (Å²) in [6.07, 6.45) is 5.15. The van der Waals surface area contributed by atoms with Crippen LogP contribution in [0, 0.1) is 0 Å². The molecule has 0 aliphatic rings. The predicted octanol–water partition coefficient (Wildman–Crippen LogP) is 1.41. The standard InChI is InChI=1S/C10H9Cl2N5O/c11-8-5-7(9(12)16-15-8)10(18)14-2-4-17-3-1-13-6-17/h1,3,5-6H,2,4H2,(H,14,18). The van der Waals surface area contributed by atoms with E-state index in [1.54, 1.807) is 12.5 Å². The third-order valence-corrected chi connectivity index (χ3v) is 2.64. The summed E-state index contributed by atoms with van der Waals surface area (Å²) in [7, 11) is 0. The third kappa shape index (κ3) is 3.18. The Balaban J connectivity index is 1.93. The normalized spacial score (nSPS) is 10.3. The molecule has 0 aliphatic carbocycles. The number of nitrogens with zero attached hydrogens (tertiary/aromatic N) is 4. The topological polar surface area (TPSA) is 72.7 Å². The smallest absolute Gasteiger partial charge is 0.254 e. The Morgan fingerprint density at radius 3 is 2.94 bits per heavy atom. The van der Waals surface area contributed by atoms with Gasteiger partial charge in [-0.1, -0.05) is 23.2 Å². The van der Waals surface area contributed by atoms with Crippen molar-refractivity contribution in [3.05, 3.63) is 40.7 Å². The van der Waals surface area contributed by atoms with Gasteiger partial charge in [0.15, 0.2) is 10.3 Å². The van der Waals surface area contributed by atoms with Crippen molar-refractivity contribution in [2.75, 3.05) is 6.54 Å². The van der Waals surface area contributed by atoms with Crippen LogP contribution >= 0.6 is 23.2 Å². The van der Waals surface area contributed by atoms with Crippen LogP contribution in [-0.4, -0.2) is 32.2 Å². The number of amides is 1. The molecule has 0 spiro atoms. The lowest BCUT2D eigenvalue weighted by Gasteiger charge is -2.06. The lowest BCUT2D eigenvalue weighted by Crippen LogP contribution is -2.27. The average molecular weight is 286 g/mol. The Labute approximate surface area is 113 Å². The predicted molar refractivity (Wildman–Crippen MR) is 66.6 cm³/mol. The van der Waals surface area contributed by atoms with Crippen LogP contribution in [0.1, 0.15) is 10.4 Å². The van der Waals surface area contributed by atoms with Gasteiger partial charge in [0.2, 0.25) is 0 Å². The molecule has 2 aromatic rings. The Morgan fingerprint density at radius 1 is 1.39 bits per heavy atom. The number of nitrogens with one attached hydrogen (secondary N) is 1. The van der Waals surface area contributed by atoms with Crippen molar-refractivity contribution < 1.29 is 4.79 Å². The number of hydrogen-bond acceptors (Lipinski definition) is 4. The highest BCUT2D eigenvalue weighted by molar-refractivity contribution is 6.34. The molecule has 8 heteroatoms. The maximum Gasteiger partial charge on any atom is 0.254 e. The molecule has 0 bridgehead atoms. The zero-order valence-electron chi connectivity index (χ0n) is 9.18. The van der Waals surface area contributed by atoms with Crippen LogP contribution in [0.2, 0.25) is 10.3 Å². The van der Waals surface area contributed by atoms with E-state index >= 15 is 0 Å². The Kier molecular flexibility index (Phi) is 4.11. The monoisotopic (exact) mass is 285 g/mol. The first kappa shape index (κ1) is 12.8. The molecule has 2 rings (SSSR count). The van der Waals surface area contributed by atoms with Crippen molar-refractivity contribution >= 4 is 29.1 Å². The van der Waals surface area contributed by atoms with E-state index in [1.165, 1.54) is 6.07 Å². The molecule has 2 heterocycles. The van der Waals surface area contributed by atoms with Crippen LogP contribution in [0.25, 0.3) is 0 Å². The minimum atomic E-state index is -0.336. The van der Waals surface area contributed by atoms with E-state index in [-0.39, 0.29) is 21.8 Å². The Bertz CT molecular complexity index is 543. The Morgan fingerprint density at radius 2 is 2.22 bits per heavy atom. The maximum atomic E-state index is 11.8. The highest BCUT2D eigenvalue weighted by atomic mass is 35.5. The van der Waals surface area contributed by atoms with Gasteiger partial charge in [0, 0.05) is 25.5 Å². The highest BCUT2D eigenvalue weighted by Crippen LogP contribution is 2.14. The van der Waals surface area contributed by atoms with E-state index in [4.69, 9.17) is 23.2 Å². The minimum Gasteiger partial charge on any atom is -0.350 e. The van der Waals surface area contributed by atoms with E-state index in [0.717, 1.165) is 0 Å². The van der Waals surface area contributed by atoms with Gasteiger partial charge in [0.1, 0.15) is 0 Å². The van der Waals surface area contributed by atoms with Crippen molar-refractivity contribution in [2.24, 2.45) is 0 Å². The molecule has 94 valence electrons. The molecular formula is C10H9Cl2N5O. The molecule has 1 amide bonds. The number of carbonyl (C=O) groups is 1. The summed E-state index contributed by atoms with van der Waals surface area (Å²) in [5, 5.41) is 9.96. The minimum absolute atomic E-state index is 0.0273. The first-order valence-electron chi connectivity index (χ1n) is 5.09. The summed E-state index contributed by atoms with van der Waals surface area (Å²) in [5.41, 5.74) is 0.210. The zero-order valence-corrected chi connectivity index (χ0v) is 10.7. The molecule has 2 aromatic heterocycles. The van der Waals surface area contributed by atoms with Crippen LogP contribution in [0.3, 0.4) is 0 Å². The SMILES string of the molecule is O=C(NCCn1ccnc1)c1cc(Cl)nnc1Cl. The van der Waals surface area contributed by atoms with Gasteiger partial charge in [0.05, 0.1) is 11.9 Å². The molecule has 0 fully saturated rings. The molecule has 0 radical (unpaired) electrons. The van der Waals surface area contributed by atoms with Gasteiger partial charge in [-0.3, -0.25) is 4.79 Å². The van der Waals surface area contributed by atoms with Crippen LogP contribution in [-0.2, 0) is 6.54 Å². The number of rotatable bonds is 4. The summed E-state index contributed by atoms with van der Waals surface area (Å²) >= 11 is 11.4. The van der Waals surface area contributed by atoms with Crippen LogP contribution in [0.15, 0.2) is 24.8 Å². The van der Waals surface area contributed by atoms with Gasteiger partial charge in [-0.25, -0.2) is 4.98 Å². The molecule has 0 atom stereocenters. The molecule has 0 saturated heterocycles. The van der Waals surface area contributed by atoms with Crippen molar-refractivity contribution in [3.8, 4) is 0 Å². The number of imidazole rings is 1. The van der Waals surface area contributed by atoms with E-state index in [9.17, 15) is 4.79 Å². The fourth-order valence-corrected chi connectivity index (χ4v) is 1.65. The summed E-state index contributed by atoms with van der Waals surface area (Å²) in [5.74, 6) is -0.336. The third-order valence-electron chi connectivity index (χ3n) is 2.18. The van der Waals surface area contributed by atoms with Crippen molar-refractivity contribution in [1.29, 1.82) is 0 Å². The fraction of sp³-hybridized carbons (Fsp3) is 0.200. The number of carbonyl (C=O) groups excluding carboxylic acids is 1. The molecule has 18 heavy (non-hydrogen) atoms. The maximum absolute atomic E-state index is 11.8. The largest absolute Gasteiger partial charge is 0.350 e. The van der Waals surface area contributed by atoms with Gasteiger partial charge < -0.3 is 9.88 Å². The zero-order chi connectivity index (χ0) is 13.0. The number of aromatic nitrogens is 4. The van der Waals surface area contributed by atoms with Gasteiger partial charge >= 0.3 is 0 Å². The Hall–Kier alpha value is -1.66. The van der Waals surface area contributed by atoms with Gasteiger partial charge in [-0.15, -0.1) is 10.2 Å². The quantitative estimate of drug-likeness (QED) is 0.922. The van der Waals surface area contributed by atoms with Crippen LogP contribution < -0.4 is 5.32 Å². The van der Waals surface area contributed by atoms with E-state index in [0.29, 0.717) is 13.1 Å². The fourth-order valence-electron chi connectivity index (χ4n) is 1.33. The molecular weight excluding hydrogens is 277 g/mol. The first-order valence-corrected chi connectivity index (χ1v) is 5.85. The molecule has 0 aliphatic heterocycles. The highest BCUT2D eigenvalue weighted by Gasteiger charge is 2.12. The second kappa shape index (κ2) is 5.79. The van der Waals surface area contributed by atoms with Crippen molar-refractivity contribution in [2.45, 2.75) is 6.54 Å². The second-order valence-electron chi connectivity index (χ2n) is 3.43. The summed E-state index contributed by atoms with van der Waals surface area (Å²) in [6.45, 7) is 1.07. The van der Waals surface area contributed by atoms with Gasteiger partial charge in [-0.05, 0) is 6.07 Å².